The van der Waals surface area contributed by atoms with Gasteiger partial charge in [0.1, 0.15) is 5.82 Å². The van der Waals surface area contributed by atoms with Crippen molar-refractivity contribution in [3.05, 3.63) is 34.1 Å². The molecule has 0 unspecified atom stereocenters. The van der Waals surface area contributed by atoms with Crippen LogP contribution in [0.5, 0.6) is 0 Å². The van der Waals surface area contributed by atoms with E-state index in [2.05, 4.69) is 0 Å². The van der Waals surface area contributed by atoms with Crippen molar-refractivity contribution in [2.45, 2.75) is 64.2 Å². The molecule has 1 aliphatic rings. The lowest BCUT2D eigenvalue weighted by Gasteiger charge is -2.25. The minimum atomic E-state index is -0.877. The van der Waals surface area contributed by atoms with Crippen LogP contribution in [0.25, 0.3) is 0 Å². The number of carbonyl (C=O) groups excluding carboxylic acids is 4. The van der Waals surface area contributed by atoms with E-state index in [-0.39, 0.29) is 40.6 Å². The topological polar surface area (TPSA) is 90.0 Å². The molecular formula is C24H29ClFNO6S. The van der Waals surface area contributed by atoms with Gasteiger partial charge in [-0.2, -0.15) is 0 Å². The van der Waals surface area contributed by atoms with Crippen molar-refractivity contribution < 1.29 is 33.0 Å². The number of thioether (sulfide) groups is 1. The summed E-state index contributed by atoms with van der Waals surface area (Å²) < 4.78 is 25.1. The summed E-state index contributed by atoms with van der Waals surface area (Å²) >= 11 is 7.17. The standard InChI is InChI=1S/C24H29ClFNO6S/c1-4-6-11-33-22(29)14-34-21-13-20(19(26)12-18(21)25)27(15(3)28)23(30)16-9-7-8-10-17(16)24(31)32-5-2/h12-13H,4-11,14H2,1-3H3. The molecule has 0 saturated heterocycles. The Morgan fingerprint density at radius 2 is 1.76 bits per heavy atom. The third kappa shape index (κ3) is 7.30. The van der Waals surface area contributed by atoms with Crippen molar-refractivity contribution in [3.63, 3.8) is 0 Å². The fourth-order valence-corrected chi connectivity index (χ4v) is 4.51. The minimum absolute atomic E-state index is 0.0349. The van der Waals surface area contributed by atoms with E-state index >= 15 is 0 Å². The Morgan fingerprint density at radius 1 is 1.09 bits per heavy atom. The molecule has 0 heterocycles. The van der Waals surface area contributed by atoms with Gasteiger partial charge in [-0.3, -0.25) is 14.4 Å². The van der Waals surface area contributed by atoms with Gasteiger partial charge >= 0.3 is 11.9 Å². The van der Waals surface area contributed by atoms with Crippen molar-refractivity contribution in [2.24, 2.45) is 0 Å². The average molecular weight is 514 g/mol. The SMILES string of the molecule is CCCCOC(=O)CSc1cc(N(C(C)=O)C(=O)C2=C(C(=O)OCC)CCCC2)c(F)cc1Cl. The zero-order valence-electron chi connectivity index (χ0n) is 19.6. The van der Waals surface area contributed by atoms with Gasteiger partial charge in [-0.25, -0.2) is 14.1 Å². The average Bonchev–Trinajstić information content (AvgIpc) is 2.80. The highest BCUT2D eigenvalue weighted by atomic mass is 35.5. The summed E-state index contributed by atoms with van der Waals surface area (Å²) in [5.74, 6) is -3.50. The van der Waals surface area contributed by atoms with Crippen molar-refractivity contribution in [3.8, 4) is 0 Å². The lowest BCUT2D eigenvalue weighted by atomic mass is 9.90. The smallest absolute Gasteiger partial charge is 0.334 e. The van der Waals surface area contributed by atoms with Crippen molar-refractivity contribution >= 4 is 52.8 Å². The molecule has 2 rings (SSSR count). The molecule has 0 bridgehead atoms. The summed E-state index contributed by atoms with van der Waals surface area (Å²) in [7, 11) is 0. The quantitative estimate of drug-likeness (QED) is 0.240. The number of carbonyl (C=O) groups is 4. The molecule has 1 aliphatic carbocycles. The molecule has 0 aromatic heterocycles. The number of hydrogen-bond donors (Lipinski definition) is 0. The van der Waals surface area contributed by atoms with Crippen LogP contribution in [0.4, 0.5) is 10.1 Å². The molecule has 0 spiro atoms. The molecule has 0 N–H and O–H groups in total. The number of esters is 2. The van der Waals surface area contributed by atoms with Crippen LogP contribution in [0.1, 0.15) is 59.3 Å². The molecule has 1 aromatic rings. The van der Waals surface area contributed by atoms with E-state index < -0.39 is 29.6 Å². The molecule has 2 amide bonds. The van der Waals surface area contributed by atoms with Crippen LogP contribution in [0.15, 0.2) is 28.2 Å². The van der Waals surface area contributed by atoms with Crippen LogP contribution >= 0.6 is 23.4 Å². The highest BCUT2D eigenvalue weighted by Crippen LogP contribution is 2.36. The van der Waals surface area contributed by atoms with E-state index in [0.717, 1.165) is 37.6 Å². The van der Waals surface area contributed by atoms with Crippen LogP contribution in [0.3, 0.4) is 0 Å². The molecule has 34 heavy (non-hydrogen) atoms. The van der Waals surface area contributed by atoms with Crippen molar-refractivity contribution in [1.29, 1.82) is 0 Å². The molecular weight excluding hydrogens is 485 g/mol. The molecule has 0 saturated carbocycles. The van der Waals surface area contributed by atoms with Gasteiger partial charge in [0.15, 0.2) is 0 Å². The van der Waals surface area contributed by atoms with Gasteiger partial charge in [0.05, 0.1) is 29.7 Å². The van der Waals surface area contributed by atoms with Crippen LogP contribution < -0.4 is 4.90 Å². The second-order valence-corrected chi connectivity index (χ2v) is 9.07. The molecule has 0 fully saturated rings. The van der Waals surface area contributed by atoms with Crippen LogP contribution in [0.2, 0.25) is 5.02 Å². The number of amides is 2. The van der Waals surface area contributed by atoms with Gasteiger partial charge in [-0.05, 0) is 51.2 Å². The number of benzene rings is 1. The summed E-state index contributed by atoms with van der Waals surface area (Å²) in [6.07, 6.45) is 3.61. The number of anilines is 1. The van der Waals surface area contributed by atoms with Gasteiger partial charge < -0.3 is 9.47 Å². The Labute approximate surface area is 208 Å². The second kappa shape index (κ2) is 13.5. The lowest BCUT2D eigenvalue weighted by molar-refractivity contribution is -0.140. The summed E-state index contributed by atoms with van der Waals surface area (Å²) in [6.45, 7) is 5.23. The monoisotopic (exact) mass is 513 g/mol. The number of rotatable bonds is 10. The van der Waals surface area contributed by atoms with E-state index in [1.54, 1.807) is 6.92 Å². The summed E-state index contributed by atoms with van der Waals surface area (Å²) in [5, 5.41) is 0.0349. The number of halogens is 2. The predicted molar refractivity (Wildman–Crippen MR) is 128 cm³/mol. The highest BCUT2D eigenvalue weighted by molar-refractivity contribution is 8.00. The molecule has 186 valence electrons. The third-order valence-corrected chi connectivity index (χ3v) is 6.57. The lowest BCUT2D eigenvalue weighted by Crippen LogP contribution is -2.38. The van der Waals surface area contributed by atoms with Crippen LogP contribution in [-0.4, -0.2) is 42.7 Å². The molecule has 0 atom stereocenters. The number of unbranched alkanes of at least 4 members (excludes halogenated alkanes) is 1. The van der Waals surface area contributed by atoms with E-state index in [4.69, 9.17) is 21.1 Å². The van der Waals surface area contributed by atoms with Crippen LogP contribution in [-0.2, 0) is 28.7 Å². The third-order valence-electron chi connectivity index (χ3n) is 5.11. The maximum Gasteiger partial charge on any atom is 0.334 e. The maximum absolute atomic E-state index is 14.9. The van der Waals surface area contributed by atoms with Crippen LogP contribution in [0, 0.1) is 5.82 Å². The Balaban J connectivity index is 2.37. The molecule has 1 aromatic carbocycles. The Bertz CT molecular complexity index is 980. The van der Waals surface area contributed by atoms with E-state index in [1.807, 2.05) is 6.92 Å². The fourth-order valence-electron chi connectivity index (χ4n) is 3.45. The Morgan fingerprint density at radius 3 is 2.38 bits per heavy atom. The molecule has 0 radical (unpaired) electrons. The first-order valence-electron chi connectivity index (χ1n) is 11.2. The maximum atomic E-state index is 14.9. The zero-order valence-corrected chi connectivity index (χ0v) is 21.2. The summed E-state index contributed by atoms with van der Waals surface area (Å²) in [5.41, 5.74) is 0.0520. The first-order chi connectivity index (χ1) is 16.2. The van der Waals surface area contributed by atoms with Gasteiger partial charge in [-0.1, -0.05) is 24.9 Å². The first kappa shape index (κ1) is 27.9. The zero-order chi connectivity index (χ0) is 25.3. The summed E-state index contributed by atoms with van der Waals surface area (Å²) in [6, 6.07) is 2.25. The predicted octanol–water partition coefficient (Wildman–Crippen LogP) is 5.23. The van der Waals surface area contributed by atoms with E-state index in [1.165, 1.54) is 6.07 Å². The summed E-state index contributed by atoms with van der Waals surface area (Å²) in [4.78, 5) is 51.2. The number of hydrogen-bond acceptors (Lipinski definition) is 7. The highest BCUT2D eigenvalue weighted by Gasteiger charge is 2.32. The largest absolute Gasteiger partial charge is 0.465 e. The molecule has 10 heteroatoms. The van der Waals surface area contributed by atoms with Gasteiger partial charge in [-0.15, -0.1) is 11.8 Å². The number of nitrogens with zero attached hydrogens (tertiary/aromatic N) is 1. The van der Waals surface area contributed by atoms with Crippen molar-refractivity contribution in [1.82, 2.24) is 0 Å². The normalized spacial score (nSPS) is 13.4. The minimum Gasteiger partial charge on any atom is -0.465 e. The van der Waals surface area contributed by atoms with Gasteiger partial charge in [0.25, 0.3) is 5.91 Å². The molecule has 0 aliphatic heterocycles. The first-order valence-corrected chi connectivity index (χ1v) is 12.6. The number of imide groups is 1. The van der Waals surface area contributed by atoms with Gasteiger partial charge in [0, 0.05) is 23.0 Å². The number of ether oxygens (including phenoxy) is 2. The van der Waals surface area contributed by atoms with E-state index in [9.17, 15) is 23.6 Å². The Hall–Kier alpha value is -2.39. The van der Waals surface area contributed by atoms with E-state index in [0.29, 0.717) is 35.7 Å². The Kier molecular flexibility index (Phi) is 11.0. The van der Waals surface area contributed by atoms with Gasteiger partial charge in [0.2, 0.25) is 5.91 Å². The molecule has 7 nitrogen and oxygen atoms in total. The van der Waals surface area contributed by atoms with Crippen molar-refractivity contribution in [2.75, 3.05) is 23.9 Å². The fraction of sp³-hybridized carbons (Fsp3) is 0.500. The second-order valence-electron chi connectivity index (χ2n) is 7.64.